The molecule has 0 aliphatic rings. The fourth-order valence-electron chi connectivity index (χ4n) is 2.57. The molecule has 0 unspecified atom stereocenters. The summed E-state index contributed by atoms with van der Waals surface area (Å²) in [6, 6.07) is 13.1. The molecule has 1 N–H and O–H groups in total. The Morgan fingerprint density at radius 2 is 1.60 bits per heavy atom. The molecule has 0 radical (unpaired) electrons. The number of fused-ring (bicyclic) bond motifs is 1. The van der Waals surface area contributed by atoms with Gasteiger partial charge in [0.05, 0.1) is 0 Å². The molecule has 0 bridgehead atoms. The molecule has 0 heterocycles. The molecule has 0 saturated heterocycles. The molecule has 0 fully saturated rings. The number of hydrogen-bond acceptors (Lipinski definition) is 2. The lowest BCUT2D eigenvalue weighted by molar-refractivity contribution is -0.137. The van der Waals surface area contributed by atoms with Crippen LogP contribution < -0.4 is 0 Å². The molecule has 0 saturated carbocycles. The smallest absolute Gasteiger partial charge is 0.303 e. The number of rotatable bonds is 7. The van der Waals surface area contributed by atoms with E-state index in [4.69, 9.17) is 5.11 Å². The predicted molar refractivity (Wildman–Crippen MR) is 109 cm³/mol. The molecule has 0 spiro atoms. The standard InChI is InChI=1S/C18H23NO2.2C2H6/c1-3-19(10-4-5-18(20)21)13-15-7-9-16-11-14(2)6-8-17(16)12-15;2*1-2/h6-9,11-12H,3-5,10,13H2,1-2H3,(H,20,21);2*1-2H3. The maximum atomic E-state index is 10.6. The number of benzene rings is 2. The van der Waals surface area contributed by atoms with Gasteiger partial charge in [-0.25, -0.2) is 0 Å². The van der Waals surface area contributed by atoms with E-state index in [9.17, 15) is 4.79 Å². The first kappa shape index (κ1) is 23.1. The van der Waals surface area contributed by atoms with Crippen molar-refractivity contribution in [3.05, 3.63) is 47.5 Å². The molecule has 140 valence electrons. The van der Waals surface area contributed by atoms with Gasteiger partial charge >= 0.3 is 5.97 Å². The van der Waals surface area contributed by atoms with Crippen LogP contribution in [0.5, 0.6) is 0 Å². The summed E-state index contributed by atoms with van der Waals surface area (Å²) in [7, 11) is 0. The van der Waals surface area contributed by atoms with Gasteiger partial charge in [0.2, 0.25) is 0 Å². The van der Waals surface area contributed by atoms with Gasteiger partial charge in [-0.05, 0) is 48.8 Å². The lowest BCUT2D eigenvalue weighted by Crippen LogP contribution is -2.24. The van der Waals surface area contributed by atoms with Crippen molar-refractivity contribution in [1.29, 1.82) is 0 Å². The van der Waals surface area contributed by atoms with Gasteiger partial charge in [0.15, 0.2) is 0 Å². The molecule has 0 atom stereocenters. The van der Waals surface area contributed by atoms with Crippen LogP contribution in [0.4, 0.5) is 0 Å². The molecule has 0 aliphatic heterocycles. The molecule has 3 nitrogen and oxygen atoms in total. The zero-order chi connectivity index (χ0) is 19.2. The molecular formula is C22H35NO2. The Labute approximate surface area is 153 Å². The summed E-state index contributed by atoms with van der Waals surface area (Å²) in [5.74, 6) is -0.716. The molecule has 2 aromatic carbocycles. The van der Waals surface area contributed by atoms with E-state index >= 15 is 0 Å². The van der Waals surface area contributed by atoms with E-state index in [0.717, 1.165) is 19.6 Å². The van der Waals surface area contributed by atoms with Crippen molar-refractivity contribution >= 4 is 16.7 Å². The number of carbonyl (C=O) groups is 1. The number of carboxylic acids is 1. The minimum absolute atomic E-state index is 0.244. The minimum Gasteiger partial charge on any atom is -0.481 e. The number of nitrogens with zero attached hydrogens (tertiary/aromatic N) is 1. The molecular weight excluding hydrogens is 310 g/mol. The molecule has 2 aromatic rings. The van der Waals surface area contributed by atoms with Gasteiger partial charge in [-0.2, -0.15) is 0 Å². The number of carboxylic acid groups (broad SMARTS) is 1. The molecule has 2 rings (SSSR count). The highest BCUT2D eigenvalue weighted by Crippen LogP contribution is 2.18. The molecule has 0 aliphatic carbocycles. The maximum absolute atomic E-state index is 10.6. The highest BCUT2D eigenvalue weighted by Gasteiger charge is 2.06. The summed E-state index contributed by atoms with van der Waals surface area (Å²) in [5, 5.41) is 11.2. The normalized spacial score (nSPS) is 9.88. The van der Waals surface area contributed by atoms with E-state index in [0.29, 0.717) is 6.42 Å². The molecule has 0 aromatic heterocycles. The van der Waals surface area contributed by atoms with Crippen molar-refractivity contribution in [2.24, 2.45) is 0 Å². The average molecular weight is 346 g/mol. The third-order valence-corrected chi connectivity index (χ3v) is 3.78. The Morgan fingerprint density at radius 3 is 2.20 bits per heavy atom. The van der Waals surface area contributed by atoms with E-state index in [2.05, 4.69) is 55.1 Å². The maximum Gasteiger partial charge on any atom is 0.303 e. The second-order valence-corrected chi connectivity index (χ2v) is 5.55. The summed E-state index contributed by atoms with van der Waals surface area (Å²) in [4.78, 5) is 12.9. The van der Waals surface area contributed by atoms with Crippen molar-refractivity contribution < 1.29 is 9.90 Å². The van der Waals surface area contributed by atoms with Crippen LogP contribution in [-0.2, 0) is 11.3 Å². The Kier molecular flexibility index (Phi) is 12.4. The number of hydrogen-bond donors (Lipinski definition) is 1. The summed E-state index contributed by atoms with van der Waals surface area (Å²) < 4.78 is 0. The Bertz CT molecular complexity index is 622. The third-order valence-electron chi connectivity index (χ3n) is 3.78. The zero-order valence-corrected chi connectivity index (χ0v) is 16.8. The van der Waals surface area contributed by atoms with Gasteiger partial charge in [0, 0.05) is 13.0 Å². The van der Waals surface area contributed by atoms with Gasteiger partial charge in [-0.15, -0.1) is 0 Å². The van der Waals surface area contributed by atoms with Gasteiger partial charge in [0.1, 0.15) is 0 Å². The van der Waals surface area contributed by atoms with Crippen LogP contribution in [0.2, 0.25) is 0 Å². The van der Waals surface area contributed by atoms with E-state index in [1.165, 1.54) is 21.9 Å². The van der Waals surface area contributed by atoms with Crippen LogP contribution in [0, 0.1) is 6.92 Å². The highest BCUT2D eigenvalue weighted by atomic mass is 16.4. The van der Waals surface area contributed by atoms with Crippen LogP contribution in [0.1, 0.15) is 58.6 Å². The monoisotopic (exact) mass is 345 g/mol. The summed E-state index contributed by atoms with van der Waals surface area (Å²) in [6.45, 7) is 14.9. The summed E-state index contributed by atoms with van der Waals surface area (Å²) in [5.41, 5.74) is 2.56. The van der Waals surface area contributed by atoms with Crippen molar-refractivity contribution in [3.8, 4) is 0 Å². The van der Waals surface area contributed by atoms with Crippen LogP contribution in [0.25, 0.3) is 10.8 Å². The van der Waals surface area contributed by atoms with Crippen molar-refractivity contribution in [2.45, 2.75) is 60.9 Å². The molecule has 0 amide bonds. The fraction of sp³-hybridized carbons (Fsp3) is 0.500. The van der Waals surface area contributed by atoms with Crippen LogP contribution >= 0.6 is 0 Å². The zero-order valence-electron chi connectivity index (χ0n) is 16.8. The van der Waals surface area contributed by atoms with Crippen molar-refractivity contribution in [2.75, 3.05) is 13.1 Å². The second-order valence-electron chi connectivity index (χ2n) is 5.55. The van der Waals surface area contributed by atoms with Crippen molar-refractivity contribution in [3.63, 3.8) is 0 Å². The first-order valence-corrected chi connectivity index (χ1v) is 9.52. The number of aryl methyl sites for hydroxylation is 1. The topological polar surface area (TPSA) is 40.5 Å². The van der Waals surface area contributed by atoms with Gasteiger partial charge < -0.3 is 5.11 Å². The Balaban J connectivity index is 0.00000134. The first-order valence-electron chi connectivity index (χ1n) is 9.52. The summed E-state index contributed by atoms with van der Waals surface area (Å²) >= 11 is 0. The van der Waals surface area contributed by atoms with Crippen LogP contribution in [0.3, 0.4) is 0 Å². The molecule has 25 heavy (non-hydrogen) atoms. The van der Waals surface area contributed by atoms with Crippen molar-refractivity contribution in [1.82, 2.24) is 4.90 Å². The van der Waals surface area contributed by atoms with Crippen LogP contribution in [0.15, 0.2) is 36.4 Å². The third kappa shape index (κ3) is 8.69. The van der Waals surface area contributed by atoms with Gasteiger partial charge in [-0.3, -0.25) is 9.69 Å². The lowest BCUT2D eigenvalue weighted by atomic mass is 10.0. The predicted octanol–water partition coefficient (Wildman–Crippen LogP) is 5.89. The first-order chi connectivity index (χ1) is 12.1. The Hall–Kier alpha value is -1.87. The SMILES string of the molecule is CC.CC.CCN(CCCC(=O)O)Cc1ccc2cc(C)ccc2c1. The van der Waals surface area contributed by atoms with E-state index in [1.54, 1.807) is 0 Å². The number of aliphatic carboxylic acids is 1. The molecule has 3 heteroatoms. The van der Waals surface area contributed by atoms with Gasteiger partial charge in [-0.1, -0.05) is 70.5 Å². The van der Waals surface area contributed by atoms with E-state index < -0.39 is 5.97 Å². The summed E-state index contributed by atoms with van der Waals surface area (Å²) in [6.07, 6.45) is 0.948. The quantitative estimate of drug-likeness (QED) is 0.680. The second kappa shape index (κ2) is 13.4. The van der Waals surface area contributed by atoms with E-state index in [1.807, 2.05) is 27.7 Å². The highest BCUT2D eigenvalue weighted by molar-refractivity contribution is 5.83. The lowest BCUT2D eigenvalue weighted by Gasteiger charge is -2.20. The Morgan fingerprint density at radius 1 is 1.00 bits per heavy atom. The average Bonchev–Trinajstić information content (AvgIpc) is 2.64. The van der Waals surface area contributed by atoms with Crippen LogP contribution in [-0.4, -0.2) is 29.1 Å². The fourth-order valence-corrected chi connectivity index (χ4v) is 2.57. The van der Waals surface area contributed by atoms with Gasteiger partial charge in [0.25, 0.3) is 0 Å². The van der Waals surface area contributed by atoms with E-state index in [-0.39, 0.29) is 6.42 Å². The largest absolute Gasteiger partial charge is 0.481 e. The minimum atomic E-state index is -0.716.